The summed E-state index contributed by atoms with van der Waals surface area (Å²) >= 11 is 15.7. The summed E-state index contributed by atoms with van der Waals surface area (Å²) < 4.78 is 182. The SMILES string of the molecule is Brc1ccc(Br)nc1.C.C.CCOCC.F.Fc1ccc(C2(C(F)(F)c3ccc(Br)cn3)CO2)c(F)c1.O=C(c1ccc(F)cc1F)C(F)(F)c1ccc(Br)cn1.OC(Cn1cnnn1)(c1ccc(F)cc1F)C(F)(F)c1ccc(Br)cn1. The second-order valence-corrected chi connectivity index (χ2v) is 20.5. The van der Waals surface area contributed by atoms with E-state index in [4.69, 9.17) is 9.47 Å². The molecule has 0 spiro atoms. The Kier molecular flexibility index (Phi) is 28.4. The van der Waals surface area contributed by atoms with Gasteiger partial charge in [0.1, 0.15) is 62.9 Å². The van der Waals surface area contributed by atoms with Crippen molar-refractivity contribution in [3.8, 4) is 0 Å². The number of hydrogen-bond acceptors (Lipinski definition) is 11. The fourth-order valence-corrected chi connectivity index (χ4v) is 7.86. The molecular weight excluding hydrogens is 1460 g/mol. The van der Waals surface area contributed by atoms with Gasteiger partial charge in [-0.15, -0.1) is 5.10 Å². The van der Waals surface area contributed by atoms with Gasteiger partial charge in [0.25, 0.3) is 0 Å². The predicted molar refractivity (Wildman–Crippen MR) is 298 cm³/mol. The van der Waals surface area contributed by atoms with Gasteiger partial charge in [-0.05, 0) is 189 Å². The Morgan fingerprint density at radius 3 is 1.48 bits per heavy atom. The highest BCUT2D eigenvalue weighted by atomic mass is 79.9. The minimum atomic E-state index is -4.06. The molecule has 448 valence electrons. The van der Waals surface area contributed by atoms with Crippen LogP contribution in [-0.2, 0) is 45.0 Å². The maximum atomic E-state index is 15.2. The van der Waals surface area contributed by atoms with Gasteiger partial charge in [0.05, 0.1) is 18.7 Å². The lowest BCUT2D eigenvalue weighted by Crippen LogP contribution is -2.48. The van der Waals surface area contributed by atoms with Gasteiger partial charge in [-0.1, -0.05) is 14.9 Å². The van der Waals surface area contributed by atoms with Crippen LogP contribution in [0.2, 0.25) is 0 Å². The van der Waals surface area contributed by atoms with Crippen molar-refractivity contribution in [2.75, 3.05) is 19.8 Å². The Labute approximate surface area is 508 Å². The number of aromatic nitrogens is 8. The summed E-state index contributed by atoms with van der Waals surface area (Å²) in [6.45, 7) is 4.41. The predicted octanol–water partition coefficient (Wildman–Crippen LogP) is 16.1. The smallest absolute Gasteiger partial charge is 0.351 e. The number of carbonyl (C=O) groups excluding carboxylic acids is 1. The third kappa shape index (κ3) is 18.7. The summed E-state index contributed by atoms with van der Waals surface area (Å²) in [5.74, 6) is -19.9. The van der Waals surface area contributed by atoms with Gasteiger partial charge in [-0.2, -0.15) is 26.3 Å². The molecular formula is C53H46Br5F13N8O4. The highest BCUT2D eigenvalue weighted by Gasteiger charge is 2.68. The summed E-state index contributed by atoms with van der Waals surface area (Å²) in [6.07, 6.45) is 6.15. The van der Waals surface area contributed by atoms with Crippen molar-refractivity contribution in [3.05, 3.63) is 225 Å². The fraction of sp³-hybridized carbons (Fsp3) is 0.245. The van der Waals surface area contributed by atoms with Crippen LogP contribution >= 0.6 is 79.6 Å². The lowest BCUT2D eigenvalue weighted by Gasteiger charge is -2.35. The largest absolute Gasteiger partial charge is 0.382 e. The number of alkyl halides is 6. The molecule has 30 heteroatoms. The van der Waals surface area contributed by atoms with Crippen LogP contribution < -0.4 is 0 Å². The molecule has 3 aromatic carbocycles. The zero-order chi connectivity index (χ0) is 59.2. The van der Waals surface area contributed by atoms with Crippen LogP contribution in [-0.4, -0.2) is 70.9 Å². The average Bonchev–Trinajstić information content (AvgIpc) is 1.92. The molecule has 1 N–H and O–H groups in total. The number of Topliss-reactive ketones (excluding diaryl/α,β-unsaturated/α-hetero) is 1. The molecule has 12 nitrogen and oxygen atoms in total. The van der Waals surface area contributed by atoms with Gasteiger partial charge in [0.15, 0.2) is 11.2 Å². The first-order valence-corrected chi connectivity index (χ1v) is 26.4. The van der Waals surface area contributed by atoms with E-state index in [9.17, 15) is 53.8 Å². The fourth-order valence-electron chi connectivity index (χ4n) is 6.69. The zero-order valence-corrected chi connectivity index (χ0v) is 49.0. The molecule has 83 heavy (non-hydrogen) atoms. The molecule has 6 heterocycles. The van der Waals surface area contributed by atoms with E-state index < -0.39 is 104 Å². The minimum Gasteiger partial charge on any atom is -0.382 e. The number of hydrogen-bond donors (Lipinski definition) is 1. The van der Waals surface area contributed by atoms with E-state index in [2.05, 4.69) is 115 Å². The number of epoxide rings is 1. The standard InChI is InChI=1S/C15H10BrF4N5O.C14H8BrF4NO.C13H6BrF4NO.C5H3Br2N.C4H10O.2CH4.FH/c16-9-1-4-13(21-6-9)15(19,20)14(26,7-25-8-22-23-24-25)11-3-2-10(17)5-12(11)18;15-8-1-4-12(20-6-8)14(18,19)13(7-21-13)10-3-2-9(16)5-11(10)17;14-7-1-4-11(19-6-7)13(17,18)12(20)9-3-2-8(15)5-10(9)16;6-4-1-2-5(7)8-3-4;1-3-5-4-2;;;/h1-6,8,26H,7H2;1-6H,7H2;1-6H;1-3H;3-4H2,1-2H3;2*1H4;1H. The molecule has 0 bridgehead atoms. The number of halogens is 18. The molecule has 0 saturated carbocycles. The van der Waals surface area contributed by atoms with Gasteiger partial charge in [-0.25, -0.2) is 36.0 Å². The van der Waals surface area contributed by atoms with E-state index >= 15 is 8.78 Å². The van der Waals surface area contributed by atoms with E-state index in [0.717, 1.165) is 94.2 Å². The van der Waals surface area contributed by atoms with Gasteiger partial charge in [-0.3, -0.25) is 24.5 Å². The number of nitrogens with zero attached hydrogens (tertiary/aromatic N) is 8. The molecule has 2 atom stereocenters. The molecule has 1 saturated heterocycles. The first-order valence-electron chi connectivity index (χ1n) is 22.5. The van der Waals surface area contributed by atoms with Crippen molar-refractivity contribution in [2.24, 2.45) is 0 Å². The molecule has 0 amide bonds. The molecule has 0 aliphatic carbocycles. The molecule has 1 aliphatic rings. The average molecular weight is 1510 g/mol. The van der Waals surface area contributed by atoms with Crippen molar-refractivity contribution in [2.45, 2.75) is 64.2 Å². The van der Waals surface area contributed by atoms with Crippen LogP contribution in [0.25, 0.3) is 0 Å². The third-order valence-electron chi connectivity index (χ3n) is 10.7. The quantitative estimate of drug-likeness (QED) is 0.0508. The molecule has 0 radical (unpaired) electrons. The van der Waals surface area contributed by atoms with Crippen molar-refractivity contribution >= 4 is 85.4 Å². The van der Waals surface area contributed by atoms with Gasteiger partial charge in [0, 0.05) is 85.2 Å². The van der Waals surface area contributed by atoms with E-state index in [1.54, 1.807) is 6.20 Å². The summed E-state index contributed by atoms with van der Waals surface area (Å²) in [4.78, 5) is 26.4. The Balaban J connectivity index is 0.000000379. The lowest BCUT2D eigenvalue weighted by molar-refractivity contribution is -0.207. The molecule has 8 aromatic rings. The van der Waals surface area contributed by atoms with Gasteiger partial charge in [0.2, 0.25) is 5.78 Å². The number of rotatable bonds is 13. The number of pyridine rings is 4. The van der Waals surface area contributed by atoms with E-state index in [1.165, 1.54) is 24.4 Å². The zero-order valence-electron chi connectivity index (χ0n) is 41.1. The molecule has 5 aromatic heterocycles. The molecule has 1 aliphatic heterocycles. The monoisotopic (exact) mass is 1500 g/mol. The Morgan fingerprint density at radius 2 is 1.08 bits per heavy atom. The van der Waals surface area contributed by atoms with E-state index in [1.807, 2.05) is 26.0 Å². The van der Waals surface area contributed by atoms with E-state index in [-0.39, 0.29) is 31.7 Å². The first-order chi connectivity index (χ1) is 37.6. The summed E-state index contributed by atoms with van der Waals surface area (Å²) in [7, 11) is 0. The van der Waals surface area contributed by atoms with Gasteiger partial charge >= 0.3 is 17.8 Å². The van der Waals surface area contributed by atoms with Crippen molar-refractivity contribution in [1.82, 2.24) is 40.1 Å². The second kappa shape index (κ2) is 32.0. The third-order valence-corrected chi connectivity index (χ3v) is 13.0. The van der Waals surface area contributed by atoms with E-state index in [0.29, 0.717) is 37.7 Å². The van der Waals surface area contributed by atoms with Crippen molar-refractivity contribution < 1.29 is 76.8 Å². The minimum absolute atomic E-state index is 0. The Hall–Kier alpha value is -5.63. The number of carbonyl (C=O) groups is 1. The highest BCUT2D eigenvalue weighted by Crippen LogP contribution is 2.56. The van der Waals surface area contributed by atoms with Crippen LogP contribution in [0.1, 0.15) is 67.3 Å². The second-order valence-electron chi connectivity index (χ2n) is 16.1. The van der Waals surface area contributed by atoms with Gasteiger partial charge < -0.3 is 14.6 Å². The maximum Gasteiger partial charge on any atom is 0.351 e. The first kappa shape index (κ1) is 73.5. The van der Waals surface area contributed by atoms with Crippen LogP contribution in [0.3, 0.4) is 0 Å². The number of ketones is 1. The van der Waals surface area contributed by atoms with Crippen molar-refractivity contribution in [1.29, 1.82) is 0 Å². The molecule has 2 unspecified atom stereocenters. The summed E-state index contributed by atoms with van der Waals surface area (Å²) in [5, 5.41) is 20.9. The normalized spacial score (nSPS) is 14.0. The number of ether oxygens (including phenoxy) is 2. The van der Waals surface area contributed by atoms with Crippen LogP contribution in [0.4, 0.5) is 57.4 Å². The molecule has 9 rings (SSSR count). The topological polar surface area (TPSA) is 154 Å². The Morgan fingerprint density at radius 1 is 0.627 bits per heavy atom. The van der Waals surface area contributed by atoms with Crippen LogP contribution in [0, 0.1) is 34.9 Å². The number of aliphatic hydroxyl groups is 1. The summed E-state index contributed by atoms with van der Waals surface area (Å²) in [6, 6.07) is 17.0. The van der Waals surface area contributed by atoms with Crippen molar-refractivity contribution in [3.63, 3.8) is 0 Å². The van der Waals surface area contributed by atoms with Crippen LogP contribution in [0.15, 0.2) is 157 Å². The highest BCUT2D eigenvalue weighted by molar-refractivity contribution is 9.11. The lowest BCUT2D eigenvalue weighted by atomic mass is 9.84. The summed E-state index contributed by atoms with van der Waals surface area (Å²) in [5.41, 5.74) is -9.50. The maximum absolute atomic E-state index is 15.2. The Bertz CT molecular complexity index is 3290. The van der Waals surface area contributed by atoms with Crippen LogP contribution in [0.5, 0.6) is 0 Å². The number of benzene rings is 3. The molecule has 1 fully saturated rings. The number of tetrazole rings is 1.